The van der Waals surface area contributed by atoms with E-state index >= 15 is 0 Å². The fourth-order valence-corrected chi connectivity index (χ4v) is 2.33. The Morgan fingerprint density at radius 2 is 2.12 bits per heavy atom. The van der Waals surface area contributed by atoms with Crippen LogP contribution in [0.3, 0.4) is 0 Å². The predicted molar refractivity (Wildman–Crippen MR) is 91.0 cm³/mol. The standard InChI is InChI=1S/C17H17N5O3/c1-3-22(11(2)23)14-6-4-5-12(7-14)15(24)8-16(25)20-17-13(9-18)10-19-21-17/h4-7,10H,3,8H2,1-2H3,(H2,19,20,21,25). The van der Waals surface area contributed by atoms with E-state index in [1.54, 1.807) is 24.3 Å². The van der Waals surface area contributed by atoms with Gasteiger partial charge in [0, 0.05) is 24.7 Å². The number of hydrogen-bond acceptors (Lipinski definition) is 5. The number of carbonyl (C=O) groups is 3. The molecule has 0 aliphatic heterocycles. The maximum absolute atomic E-state index is 12.3. The number of hydrogen-bond donors (Lipinski definition) is 2. The predicted octanol–water partition coefficient (Wildman–Crippen LogP) is 1.87. The van der Waals surface area contributed by atoms with E-state index in [4.69, 9.17) is 5.26 Å². The van der Waals surface area contributed by atoms with Crippen LogP contribution < -0.4 is 10.2 Å². The Hall–Kier alpha value is -3.47. The first-order valence-electron chi connectivity index (χ1n) is 7.61. The normalized spacial score (nSPS) is 9.96. The highest BCUT2D eigenvalue weighted by molar-refractivity contribution is 6.11. The fraction of sp³-hybridized carbons (Fsp3) is 0.235. The van der Waals surface area contributed by atoms with Gasteiger partial charge in [-0.25, -0.2) is 0 Å². The van der Waals surface area contributed by atoms with Crippen molar-refractivity contribution in [1.29, 1.82) is 5.26 Å². The van der Waals surface area contributed by atoms with Gasteiger partial charge in [-0.2, -0.15) is 10.4 Å². The van der Waals surface area contributed by atoms with Crippen LogP contribution in [0, 0.1) is 11.3 Å². The number of rotatable bonds is 6. The van der Waals surface area contributed by atoms with Gasteiger partial charge in [0.2, 0.25) is 11.8 Å². The van der Waals surface area contributed by atoms with E-state index < -0.39 is 11.7 Å². The van der Waals surface area contributed by atoms with Crippen LogP contribution in [0.15, 0.2) is 30.5 Å². The summed E-state index contributed by atoms with van der Waals surface area (Å²) in [4.78, 5) is 37.4. The van der Waals surface area contributed by atoms with Crippen molar-refractivity contribution in [1.82, 2.24) is 10.2 Å². The number of H-pyrrole nitrogens is 1. The highest BCUT2D eigenvalue weighted by Crippen LogP contribution is 2.18. The molecule has 128 valence electrons. The molecule has 2 N–H and O–H groups in total. The summed E-state index contributed by atoms with van der Waals surface area (Å²) in [6.07, 6.45) is 0.890. The first-order chi connectivity index (χ1) is 12.0. The van der Waals surface area contributed by atoms with Crippen molar-refractivity contribution in [3.05, 3.63) is 41.6 Å². The molecular weight excluding hydrogens is 322 g/mol. The monoisotopic (exact) mass is 339 g/mol. The van der Waals surface area contributed by atoms with Crippen molar-refractivity contribution in [2.24, 2.45) is 0 Å². The number of nitriles is 1. The molecule has 1 aromatic carbocycles. The van der Waals surface area contributed by atoms with Crippen LogP contribution in [0.4, 0.5) is 11.5 Å². The van der Waals surface area contributed by atoms with Crippen LogP contribution in [0.5, 0.6) is 0 Å². The second kappa shape index (κ2) is 7.88. The molecular formula is C17H17N5O3. The van der Waals surface area contributed by atoms with Crippen LogP contribution in [0.25, 0.3) is 0 Å². The van der Waals surface area contributed by atoms with Gasteiger partial charge >= 0.3 is 0 Å². The molecule has 25 heavy (non-hydrogen) atoms. The molecule has 0 fully saturated rings. The Balaban J connectivity index is 2.09. The van der Waals surface area contributed by atoms with E-state index in [0.29, 0.717) is 17.8 Å². The van der Waals surface area contributed by atoms with Gasteiger partial charge < -0.3 is 10.2 Å². The van der Waals surface area contributed by atoms with Crippen LogP contribution in [0.1, 0.15) is 36.2 Å². The van der Waals surface area contributed by atoms with Crippen LogP contribution >= 0.6 is 0 Å². The number of amides is 2. The molecule has 0 aliphatic rings. The summed E-state index contributed by atoms with van der Waals surface area (Å²) in [6.45, 7) is 3.76. The van der Waals surface area contributed by atoms with Gasteiger partial charge in [0.15, 0.2) is 5.78 Å². The zero-order valence-corrected chi connectivity index (χ0v) is 13.9. The minimum Gasteiger partial charge on any atom is -0.313 e. The summed E-state index contributed by atoms with van der Waals surface area (Å²) in [5.41, 5.74) is 1.11. The van der Waals surface area contributed by atoms with Crippen molar-refractivity contribution < 1.29 is 14.4 Å². The van der Waals surface area contributed by atoms with Gasteiger partial charge in [-0.05, 0) is 19.1 Å². The molecule has 2 rings (SSSR count). The van der Waals surface area contributed by atoms with E-state index in [0.717, 1.165) is 0 Å². The Bertz CT molecular complexity index is 850. The molecule has 0 saturated carbocycles. The zero-order valence-electron chi connectivity index (χ0n) is 13.9. The molecule has 1 aromatic heterocycles. The van der Waals surface area contributed by atoms with E-state index in [2.05, 4.69) is 15.5 Å². The number of anilines is 2. The minimum absolute atomic E-state index is 0.131. The summed E-state index contributed by atoms with van der Waals surface area (Å²) in [6, 6.07) is 8.43. The Morgan fingerprint density at radius 3 is 2.76 bits per heavy atom. The largest absolute Gasteiger partial charge is 0.313 e. The van der Waals surface area contributed by atoms with E-state index in [1.807, 2.05) is 13.0 Å². The lowest BCUT2D eigenvalue weighted by Gasteiger charge is -2.19. The number of nitrogens with one attached hydrogen (secondary N) is 2. The Labute approximate surface area is 144 Å². The molecule has 2 aromatic rings. The number of Topliss-reactive ketones (excluding diaryl/α,β-unsaturated/α-hetero) is 1. The molecule has 0 unspecified atom stereocenters. The van der Waals surface area contributed by atoms with Crippen molar-refractivity contribution in [3.8, 4) is 6.07 Å². The van der Waals surface area contributed by atoms with E-state index in [-0.39, 0.29) is 23.7 Å². The summed E-state index contributed by atoms with van der Waals surface area (Å²) in [7, 11) is 0. The molecule has 0 saturated heterocycles. The number of benzene rings is 1. The van der Waals surface area contributed by atoms with Gasteiger partial charge in [0.1, 0.15) is 17.5 Å². The Kier molecular flexibility index (Phi) is 5.63. The van der Waals surface area contributed by atoms with Crippen LogP contribution in [0.2, 0.25) is 0 Å². The van der Waals surface area contributed by atoms with Gasteiger partial charge in [-0.15, -0.1) is 0 Å². The number of aromatic nitrogens is 2. The van der Waals surface area contributed by atoms with E-state index in [9.17, 15) is 14.4 Å². The molecule has 0 spiro atoms. The lowest BCUT2D eigenvalue weighted by atomic mass is 10.1. The number of carbonyl (C=O) groups excluding carboxylic acids is 3. The minimum atomic E-state index is -0.560. The van der Waals surface area contributed by atoms with Crippen molar-refractivity contribution in [2.45, 2.75) is 20.3 Å². The Morgan fingerprint density at radius 1 is 1.36 bits per heavy atom. The van der Waals surface area contributed by atoms with Crippen LogP contribution in [-0.4, -0.2) is 34.3 Å². The average molecular weight is 339 g/mol. The fourth-order valence-electron chi connectivity index (χ4n) is 2.33. The second-order valence-electron chi connectivity index (χ2n) is 5.23. The molecule has 8 nitrogen and oxygen atoms in total. The lowest BCUT2D eigenvalue weighted by molar-refractivity contribution is -0.117. The quantitative estimate of drug-likeness (QED) is 0.615. The highest BCUT2D eigenvalue weighted by atomic mass is 16.2. The van der Waals surface area contributed by atoms with Crippen LogP contribution in [-0.2, 0) is 9.59 Å². The summed E-state index contributed by atoms with van der Waals surface area (Å²) >= 11 is 0. The van der Waals surface area contributed by atoms with E-state index in [1.165, 1.54) is 18.0 Å². The number of ketones is 1. The van der Waals surface area contributed by atoms with Crippen molar-refractivity contribution in [2.75, 3.05) is 16.8 Å². The molecule has 0 aliphatic carbocycles. The summed E-state index contributed by atoms with van der Waals surface area (Å²) in [5.74, 6) is -0.928. The highest BCUT2D eigenvalue weighted by Gasteiger charge is 2.16. The maximum Gasteiger partial charge on any atom is 0.233 e. The topological polar surface area (TPSA) is 119 Å². The van der Waals surface area contributed by atoms with Gasteiger partial charge in [-0.1, -0.05) is 12.1 Å². The van der Waals surface area contributed by atoms with Gasteiger partial charge in [0.25, 0.3) is 0 Å². The molecule has 0 atom stereocenters. The maximum atomic E-state index is 12.3. The van der Waals surface area contributed by atoms with Crippen molar-refractivity contribution >= 4 is 29.1 Å². The molecule has 0 radical (unpaired) electrons. The zero-order chi connectivity index (χ0) is 18.4. The smallest absolute Gasteiger partial charge is 0.233 e. The molecule has 8 heteroatoms. The van der Waals surface area contributed by atoms with Crippen molar-refractivity contribution in [3.63, 3.8) is 0 Å². The van der Waals surface area contributed by atoms with Gasteiger partial charge in [0.05, 0.1) is 12.6 Å². The summed E-state index contributed by atoms with van der Waals surface area (Å²) < 4.78 is 0. The number of aromatic amines is 1. The third-order valence-corrected chi connectivity index (χ3v) is 3.52. The molecule has 0 bridgehead atoms. The second-order valence-corrected chi connectivity index (χ2v) is 5.23. The SMILES string of the molecule is CCN(C(C)=O)c1cccc(C(=O)CC(=O)Nc2[nH]ncc2C#N)c1. The third kappa shape index (κ3) is 4.29. The number of nitrogens with zero attached hydrogens (tertiary/aromatic N) is 3. The first-order valence-corrected chi connectivity index (χ1v) is 7.61. The average Bonchev–Trinajstić information content (AvgIpc) is 3.02. The van der Waals surface area contributed by atoms with Gasteiger partial charge in [-0.3, -0.25) is 19.5 Å². The third-order valence-electron chi connectivity index (χ3n) is 3.52. The lowest BCUT2D eigenvalue weighted by Crippen LogP contribution is -2.28. The molecule has 1 heterocycles. The summed E-state index contributed by atoms with van der Waals surface area (Å²) in [5, 5.41) is 17.5. The molecule has 2 amide bonds. The first kappa shape index (κ1) is 17.9.